The lowest BCUT2D eigenvalue weighted by Gasteiger charge is -2.23. The first-order chi connectivity index (χ1) is 10.2. The lowest BCUT2D eigenvalue weighted by atomic mass is 9.92. The smallest absolute Gasteiger partial charge is 0.133 e. The molecule has 0 amide bonds. The molecule has 0 radical (unpaired) electrons. The summed E-state index contributed by atoms with van der Waals surface area (Å²) in [5.74, 6) is 1.38. The molecule has 118 valence electrons. The quantitative estimate of drug-likeness (QED) is 0.470. The van der Waals surface area contributed by atoms with Gasteiger partial charge >= 0.3 is 0 Å². The number of methoxy groups -OCH3 is 1. The third-order valence-electron chi connectivity index (χ3n) is 3.86. The molecular weight excluding hydrogens is 400 g/mol. The van der Waals surface area contributed by atoms with E-state index in [1.807, 2.05) is 6.07 Å². The standard InChI is InChI=1S/C16H22Br2O3/c1-3-14-12(6-7-20-14)16(18)11-4-5-15(13(17)10-11)21-9-8-19-2/h4-5,10,12,14,16H,3,6-9H2,1-2H3. The van der Waals surface area contributed by atoms with Gasteiger partial charge < -0.3 is 14.2 Å². The Morgan fingerprint density at radius 1 is 1.38 bits per heavy atom. The van der Waals surface area contributed by atoms with Gasteiger partial charge in [-0.15, -0.1) is 0 Å². The molecule has 2 rings (SSSR count). The molecule has 5 heteroatoms. The van der Waals surface area contributed by atoms with Crippen molar-refractivity contribution in [1.82, 2.24) is 0 Å². The van der Waals surface area contributed by atoms with Crippen LogP contribution in [0.5, 0.6) is 5.75 Å². The molecule has 3 nitrogen and oxygen atoms in total. The molecule has 1 saturated heterocycles. The van der Waals surface area contributed by atoms with Crippen LogP contribution < -0.4 is 4.74 Å². The van der Waals surface area contributed by atoms with Crippen molar-refractivity contribution in [3.05, 3.63) is 28.2 Å². The number of hydrogen-bond acceptors (Lipinski definition) is 3. The maximum absolute atomic E-state index is 5.80. The van der Waals surface area contributed by atoms with Gasteiger partial charge in [0.05, 0.1) is 17.2 Å². The molecule has 1 aromatic carbocycles. The highest BCUT2D eigenvalue weighted by Gasteiger charge is 2.33. The number of halogens is 2. The second kappa shape index (κ2) is 8.51. The monoisotopic (exact) mass is 420 g/mol. The minimum Gasteiger partial charge on any atom is -0.490 e. The van der Waals surface area contributed by atoms with Crippen LogP contribution in [-0.2, 0) is 9.47 Å². The Bertz CT molecular complexity index is 453. The molecule has 1 fully saturated rings. The van der Waals surface area contributed by atoms with Gasteiger partial charge in [-0.3, -0.25) is 0 Å². The summed E-state index contributed by atoms with van der Waals surface area (Å²) in [5.41, 5.74) is 1.26. The van der Waals surface area contributed by atoms with E-state index in [-0.39, 0.29) is 0 Å². The van der Waals surface area contributed by atoms with Gasteiger partial charge in [-0.1, -0.05) is 28.9 Å². The number of rotatable bonds is 7. The van der Waals surface area contributed by atoms with Crippen molar-refractivity contribution in [2.45, 2.75) is 30.7 Å². The van der Waals surface area contributed by atoms with E-state index in [0.29, 0.717) is 30.1 Å². The molecule has 1 aliphatic rings. The second-order valence-corrected chi connectivity index (χ2v) is 7.04. The number of alkyl halides is 1. The zero-order valence-electron chi connectivity index (χ0n) is 12.5. The van der Waals surface area contributed by atoms with Crippen LogP contribution in [0.25, 0.3) is 0 Å². The predicted octanol–water partition coefficient (Wildman–Crippen LogP) is 4.73. The molecule has 1 heterocycles. The Hall–Kier alpha value is -0.100. The van der Waals surface area contributed by atoms with E-state index in [0.717, 1.165) is 29.7 Å². The third-order valence-corrected chi connectivity index (χ3v) is 5.69. The van der Waals surface area contributed by atoms with E-state index in [1.54, 1.807) is 7.11 Å². The van der Waals surface area contributed by atoms with Crippen molar-refractivity contribution >= 4 is 31.9 Å². The number of hydrogen-bond donors (Lipinski definition) is 0. The van der Waals surface area contributed by atoms with Crippen molar-refractivity contribution in [2.24, 2.45) is 5.92 Å². The SMILES string of the molecule is CCC1OCCC1C(Br)c1ccc(OCCOC)c(Br)c1. The van der Waals surface area contributed by atoms with Crippen molar-refractivity contribution in [3.63, 3.8) is 0 Å². The lowest BCUT2D eigenvalue weighted by Crippen LogP contribution is -2.19. The van der Waals surface area contributed by atoms with Gasteiger partial charge in [0.1, 0.15) is 12.4 Å². The average Bonchev–Trinajstić information content (AvgIpc) is 2.96. The highest BCUT2D eigenvalue weighted by Crippen LogP contribution is 2.42. The molecule has 1 aliphatic heterocycles. The van der Waals surface area contributed by atoms with Crippen molar-refractivity contribution in [1.29, 1.82) is 0 Å². The molecule has 3 unspecified atom stereocenters. The molecular formula is C16H22Br2O3. The number of ether oxygens (including phenoxy) is 3. The van der Waals surface area contributed by atoms with Crippen LogP contribution in [0.1, 0.15) is 30.2 Å². The normalized spacial score (nSPS) is 23.2. The highest BCUT2D eigenvalue weighted by molar-refractivity contribution is 9.10. The Morgan fingerprint density at radius 2 is 2.19 bits per heavy atom. The molecule has 0 N–H and O–H groups in total. The molecule has 0 bridgehead atoms. The molecule has 0 saturated carbocycles. The van der Waals surface area contributed by atoms with E-state index in [9.17, 15) is 0 Å². The predicted molar refractivity (Wildman–Crippen MR) is 91.3 cm³/mol. The molecule has 21 heavy (non-hydrogen) atoms. The first-order valence-corrected chi connectivity index (χ1v) is 9.05. The summed E-state index contributed by atoms with van der Waals surface area (Å²) < 4.78 is 17.4. The highest BCUT2D eigenvalue weighted by atomic mass is 79.9. The van der Waals surface area contributed by atoms with E-state index in [2.05, 4.69) is 50.9 Å². The van der Waals surface area contributed by atoms with Crippen LogP contribution in [0.15, 0.2) is 22.7 Å². The minimum atomic E-state index is 0.314. The second-order valence-electron chi connectivity index (χ2n) is 5.20. The van der Waals surface area contributed by atoms with Gasteiger partial charge in [-0.2, -0.15) is 0 Å². The molecule has 0 aliphatic carbocycles. The van der Waals surface area contributed by atoms with E-state index in [1.165, 1.54) is 5.56 Å². The average molecular weight is 422 g/mol. The Balaban J connectivity index is 2.04. The molecule has 1 aromatic rings. The third kappa shape index (κ3) is 4.44. The van der Waals surface area contributed by atoms with E-state index >= 15 is 0 Å². The van der Waals surface area contributed by atoms with Gasteiger partial charge in [0.2, 0.25) is 0 Å². The van der Waals surface area contributed by atoms with Gasteiger partial charge in [0.15, 0.2) is 0 Å². The van der Waals surface area contributed by atoms with Crippen LogP contribution in [0.4, 0.5) is 0 Å². The largest absolute Gasteiger partial charge is 0.490 e. The van der Waals surface area contributed by atoms with Gasteiger partial charge in [0, 0.05) is 24.5 Å². The fraction of sp³-hybridized carbons (Fsp3) is 0.625. The topological polar surface area (TPSA) is 27.7 Å². The Morgan fingerprint density at radius 3 is 2.86 bits per heavy atom. The van der Waals surface area contributed by atoms with Crippen molar-refractivity contribution < 1.29 is 14.2 Å². The van der Waals surface area contributed by atoms with Gasteiger partial charge in [-0.05, 0) is 46.5 Å². The zero-order chi connectivity index (χ0) is 15.2. The summed E-state index contributed by atoms with van der Waals surface area (Å²) in [4.78, 5) is 0.314. The maximum Gasteiger partial charge on any atom is 0.133 e. The summed E-state index contributed by atoms with van der Waals surface area (Å²) in [6.45, 7) is 4.20. The summed E-state index contributed by atoms with van der Waals surface area (Å²) in [7, 11) is 1.67. The van der Waals surface area contributed by atoms with Crippen molar-refractivity contribution in [3.8, 4) is 5.75 Å². The van der Waals surface area contributed by atoms with Crippen LogP contribution in [0.2, 0.25) is 0 Å². The lowest BCUT2D eigenvalue weighted by molar-refractivity contribution is 0.0873. The summed E-state index contributed by atoms with van der Waals surface area (Å²) >= 11 is 7.45. The first kappa shape index (κ1) is 17.3. The molecule has 0 spiro atoms. The molecule has 0 aromatic heterocycles. The fourth-order valence-corrected chi connectivity index (χ4v) is 4.11. The Labute approximate surface area is 143 Å². The van der Waals surface area contributed by atoms with Crippen LogP contribution in [-0.4, -0.2) is 33.0 Å². The van der Waals surface area contributed by atoms with Crippen LogP contribution in [0, 0.1) is 5.92 Å². The van der Waals surface area contributed by atoms with Gasteiger partial charge in [-0.25, -0.2) is 0 Å². The van der Waals surface area contributed by atoms with Gasteiger partial charge in [0.25, 0.3) is 0 Å². The first-order valence-electron chi connectivity index (χ1n) is 7.34. The van der Waals surface area contributed by atoms with Crippen LogP contribution in [0.3, 0.4) is 0 Å². The molecule has 3 atom stereocenters. The fourth-order valence-electron chi connectivity index (χ4n) is 2.71. The zero-order valence-corrected chi connectivity index (χ0v) is 15.7. The summed E-state index contributed by atoms with van der Waals surface area (Å²) in [6.07, 6.45) is 2.52. The minimum absolute atomic E-state index is 0.314. The van der Waals surface area contributed by atoms with Crippen molar-refractivity contribution in [2.75, 3.05) is 26.9 Å². The van der Waals surface area contributed by atoms with E-state index < -0.39 is 0 Å². The summed E-state index contributed by atoms with van der Waals surface area (Å²) in [5, 5.41) is 0. The van der Waals surface area contributed by atoms with Crippen LogP contribution >= 0.6 is 31.9 Å². The maximum atomic E-state index is 5.80. The van der Waals surface area contributed by atoms with E-state index in [4.69, 9.17) is 14.2 Å². The summed E-state index contributed by atoms with van der Waals surface area (Å²) in [6, 6.07) is 6.27. The Kier molecular flexibility index (Phi) is 6.99. The number of benzene rings is 1.